The Morgan fingerprint density at radius 1 is 1.82 bits per heavy atom. The molecule has 0 saturated carbocycles. The van der Waals surface area contributed by atoms with E-state index in [1.807, 2.05) is 0 Å². The van der Waals surface area contributed by atoms with Gasteiger partial charge in [0.25, 0.3) is 0 Å². The van der Waals surface area contributed by atoms with Crippen LogP contribution in [0.25, 0.3) is 0 Å². The Labute approximate surface area is 63.8 Å². The van der Waals surface area contributed by atoms with Crippen LogP contribution in [0.3, 0.4) is 0 Å². The first-order valence-electron chi connectivity index (χ1n) is 3.18. The molecule has 4 nitrogen and oxygen atoms in total. The third-order valence-electron chi connectivity index (χ3n) is 1.11. The molecule has 60 valence electrons. The van der Waals surface area contributed by atoms with Gasteiger partial charge in [0.05, 0.1) is 0 Å². The summed E-state index contributed by atoms with van der Waals surface area (Å²) < 4.78 is 9.46. The van der Waals surface area contributed by atoms with Gasteiger partial charge in [0.2, 0.25) is 6.29 Å². The SMILES string of the molecule is CC(=O)O[C@@H]1C=CC(=O)CO1. The summed E-state index contributed by atoms with van der Waals surface area (Å²) in [6.07, 6.45) is 2.06. The van der Waals surface area contributed by atoms with Gasteiger partial charge in [-0.1, -0.05) is 0 Å². The number of esters is 1. The monoisotopic (exact) mass is 156 g/mol. The van der Waals surface area contributed by atoms with Crippen molar-refractivity contribution >= 4 is 11.8 Å². The molecule has 1 aliphatic heterocycles. The van der Waals surface area contributed by atoms with Crippen molar-refractivity contribution in [3.05, 3.63) is 12.2 Å². The fraction of sp³-hybridized carbons (Fsp3) is 0.429. The van der Waals surface area contributed by atoms with Crippen molar-refractivity contribution in [1.29, 1.82) is 0 Å². The van der Waals surface area contributed by atoms with Gasteiger partial charge in [-0.05, 0) is 12.2 Å². The number of hydrogen-bond donors (Lipinski definition) is 0. The number of carbonyl (C=O) groups excluding carboxylic acids is 2. The topological polar surface area (TPSA) is 52.6 Å². The molecule has 1 atom stereocenters. The highest BCUT2D eigenvalue weighted by atomic mass is 16.7. The minimum absolute atomic E-state index is 0.0194. The first-order chi connectivity index (χ1) is 5.18. The van der Waals surface area contributed by atoms with Crippen LogP contribution in [0.2, 0.25) is 0 Å². The summed E-state index contributed by atoms with van der Waals surface area (Å²) in [4.78, 5) is 20.9. The highest BCUT2D eigenvalue weighted by Gasteiger charge is 2.14. The smallest absolute Gasteiger partial charge is 0.305 e. The maximum atomic E-state index is 10.5. The normalized spacial score (nSPS) is 23.4. The zero-order chi connectivity index (χ0) is 8.27. The summed E-state index contributed by atoms with van der Waals surface area (Å²) >= 11 is 0. The summed E-state index contributed by atoms with van der Waals surface area (Å²) in [5, 5.41) is 0. The lowest BCUT2D eigenvalue weighted by Crippen LogP contribution is -2.24. The Bertz CT molecular complexity index is 206. The standard InChI is InChI=1S/C7H8O4/c1-5(8)11-7-3-2-6(9)4-10-7/h2-3,7H,4H2,1H3/t7-/m1/s1. The van der Waals surface area contributed by atoms with Gasteiger partial charge in [-0.25, -0.2) is 0 Å². The highest BCUT2D eigenvalue weighted by Crippen LogP contribution is 2.03. The Hall–Kier alpha value is -1.16. The number of rotatable bonds is 1. The van der Waals surface area contributed by atoms with Gasteiger partial charge < -0.3 is 9.47 Å². The molecule has 0 spiro atoms. The van der Waals surface area contributed by atoms with Crippen LogP contribution in [0.1, 0.15) is 6.92 Å². The third-order valence-corrected chi connectivity index (χ3v) is 1.11. The molecule has 4 heteroatoms. The lowest BCUT2D eigenvalue weighted by atomic mass is 10.3. The Morgan fingerprint density at radius 3 is 3.00 bits per heavy atom. The molecule has 0 N–H and O–H groups in total. The minimum atomic E-state index is -0.690. The van der Waals surface area contributed by atoms with E-state index >= 15 is 0 Å². The summed E-state index contributed by atoms with van der Waals surface area (Å²) in [6.45, 7) is 1.27. The second-order valence-corrected chi connectivity index (χ2v) is 2.11. The van der Waals surface area contributed by atoms with Crippen LogP contribution in [-0.4, -0.2) is 24.6 Å². The van der Waals surface area contributed by atoms with E-state index in [0.29, 0.717) is 0 Å². The Balaban J connectivity index is 2.44. The van der Waals surface area contributed by atoms with Crippen LogP contribution < -0.4 is 0 Å². The van der Waals surface area contributed by atoms with E-state index in [1.54, 1.807) is 0 Å². The third kappa shape index (κ3) is 2.51. The zero-order valence-electron chi connectivity index (χ0n) is 6.07. The minimum Gasteiger partial charge on any atom is -0.432 e. The molecule has 0 aromatic heterocycles. The quantitative estimate of drug-likeness (QED) is 0.502. The first-order valence-corrected chi connectivity index (χ1v) is 3.18. The van der Waals surface area contributed by atoms with Crippen molar-refractivity contribution < 1.29 is 19.1 Å². The lowest BCUT2D eigenvalue weighted by molar-refractivity contribution is -0.169. The second-order valence-electron chi connectivity index (χ2n) is 2.11. The largest absolute Gasteiger partial charge is 0.432 e. The number of hydrogen-bond acceptors (Lipinski definition) is 4. The molecule has 0 radical (unpaired) electrons. The molecule has 11 heavy (non-hydrogen) atoms. The molecule has 0 fully saturated rings. The van der Waals surface area contributed by atoms with Crippen molar-refractivity contribution in [3.8, 4) is 0 Å². The molecule has 0 aliphatic carbocycles. The number of ether oxygens (including phenoxy) is 2. The fourth-order valence-electron chi connectivity index (χ4n) is 0.691. The summed E-state index contributed by atoms with van der Waals surface area (Å²) in [5.41, 5.74) is 0. The summed E-state index contributed by atoms with van der Waals surface area (Å²) in [6, 6.07) is 0. The molecule has 0 saturated heterocycles. The molecule has 1 heterocycles. The maximum absolute atomic E-state index is 10.5. The van der Waals surface area contributed by atoms with E-state index in [-0.39, 0.29) is 12.4 Å². The molecule has 1 rings (SSSR count). The fourth-order valence-corrected chi connectivity index (χ4v) is 0.691. The van der Waals surface area contributed by atoms with Crippen molar-refractivity contribution in [2.75, 3.05) is 6.61 Å². The van der Waals surface area contributed by atoms with Gasteiger partial charge in [-0.3, -0.25) is 9.59 Å². The van der Waals surface area contributed by atoms with Gasteiger partial charge in [0, 0.05) is 6.92 Å². The predicted molar refractivity (Wildman–Crippen MR) is 35.7 cm³/mol. The van der Waals surface area contributed by atoms with Crippen LogP contribution in [-0.2, 0) is 19.1 Å². The predicted octanol–water partition coefficient (Wildman–Crippen LogP) is 0.0311. The lowest BCUT2D eigenvalue weighted by Gasteiger charge is -2.15. The summed E-state index contributed by atoms with van der Waals surface area (Å²) in [7, 11) is 0. The van der Waals surface area contributed by atoms with Gasteiger partial charge in [-0.2, -0.15) is 0 Å². The molecule has 0 amide bonds. The van der Waals surface area contributed by atoms with E-state index < -0.39 is 12.3 Å². The van der Waals surface area contributed by atoms with Crippen molar-refractivity contribution in [2.45, 2.75) is 13.2 Å². The molecule has 0 unspecified atom stereocenters. The highest BCUT2D eigenvalue weighted by molar-refractivity contribution is 5.91. The first kappa shape index (κ1) is 7.94. The Morgan fingerprint density at radius 2 is 2.55 bits per heavy atom. The van der Waals surface area contributed by atoms with E-state index in [0.717, 1.165) is 0 Å². The van der Waals surface area contributed by atoms with Gasteiger partial charge in [0.1, 0.15) is 6.61 Å². The molecule has 1 aliphatic rings. The zero-order valence-corrected chi connectivity index (χ0v) is 6.07. The van der Waals surface area contributed by atoms with Crippen LogP contribution in [0.5, 0.6) is 0 Å². The van der Waals surface area contributed by atoms with E-state index in [1.165, 1.54) is 19.1 Å². The van der Waals surface area contributed by atoms with Gasteiger partial charge in [-0.15, -0.1) is 0 Å². The molecular formula is C7H8O4. The van der Waals surface area contributed by atoms with Gasteiger partial charge in [0.15, 0.2) is 5.78 Å². The molecule has 0 aromatic rings. The van der Waals surface area contributed by atoms with Crippen LogP contribution >= 0.6 is 0 Å². The van der Waals surface area contributed by atoms with Gasteiger partial charge >= 0.3 is 5.97 Å². The summed E-state index contributed by atoms with van der Waals surface area (Å²) in [5.74, 6) is -0.539. The van der Waals surface area contributed by atoms with Crippen LogP contribution in [0, 0.1) is 0 Å². The Kier molecular flexibility index (Phi) is 2.38. The number of carbonyl (C=O) groups is 2. The van der Waals surface area contributed by atoms with E-state index in [9.17, 15) is 9.59 Å². The van der Waals surface area contributed by atoms with Crippen molar-refractivity contribution in [2.24, 2.45) is 0 Å². The van der Waals surface area contributed by atoms with Crippen LogP contribution in [0.4, 0.5) is 0 Å². The van der Waals surface area contributed by atoms with Crippen molar-refractivity contribution in [3.63, 3.8) is 0 Å². The molecule has 0 bridgehead atoms. The second kappa shape index (κ2) is 3.30. The van der Waals surface area contributed by atoms with E-state index in [4.69, 9.17) is 4.74 Å². The van der Waals surface area contributed by atoms with Crippen molar-refractivity contribution in [1.82, 2.24) is 0 Å². The van der Waals surface area contributed by atoms with Crippen LogP contribution in [0.15, 0.2) is 12.2 Å². The average molecular weight is 156 g/mol. The maximum Gasteiger partial charge on any atom is 0.305 e. The molecule has 0 aromatic carbocycles. The number of ketones is 1. The average Bonchev–Trinajstić information content (AvgIpc) is 1.93. The van der Waals surface area contributed by atoms with E-state index in [2.05, 4.69) is 4.74 Å². The molecular weight excluding hydrogens is 148 g/mol.